The van der Waals surface area contributed by atoms with Crippen molar-refractivity contribution in [2.75, 3.05) is 20.8 Å². The lowest BCUT2D eigenvalue weighted by Crippen LogP contribution is -2.48. The number of hydrogen-bond acceptors (Lipinski definition) is 4. The van der Waals surface area contributed by atoms with Gasteiger partial charge >= 0.3 is 0 Å². The Morgan fingerprint density at radius 3 is 2.43 bits per heavy atom. The van der Waals surface area contributed by atoms with Crippen molar-refractivity contribution in [3.05, 3.63) is 63.6 Å². The highest BCUT2D eigenvalue weighted by atomic mass is 79.9. The van der Waals surface area contributed by atoms with Crippen LogP contribution in [0, 0.1) is 6.92 Å². The van der Waals surface area contributed by atoms with Gasteiger partial charge < -0.3 is 9.47 Å². The van der Waals surface area contributed by atoms with E-state index in [1.165, 1.54) is 4.48 Å². The summed E-state index contributed by atoms with van der Waals surface area (Å²) in [4.78, 5) is 0.328. The fourth-order valence-corrected chi connectivity index (χ4v) is 6.45. The first-order valence-electron chi connectivity index (χ1n) is 9.96. The summed E-state index contributed by atoms with van der Waals surface area (Å²) in [6.07, 6.45) is 4.63. The molecule has 7 heteroatoms. The highest BCUT2D eigenvalue weighted by Gasteiger charge is 2.46. The molecule has 2 aliphatic rings. The molecular weight excluding hydrogens is 466 g/mol. The molecule has 0 fully saturated rings. The maximum absolute atomic E-state index is 13.5. The van der Waals surface area contributed by atoms with Gasteiger partial charge in [-0.2, -0.15) is 4.31 Å². The zero-order valence-electron chi connectivity index (χ0n) is 17.4. The molecule has 1 heterocycles. The van der Waals surface area contributed by atoms with Crippen LogP contribution in [0.15, 0.2) is 51.9 Å². The summed E-state index contributed by atoms with van der Waals surface area (Å²) < 4.78 is 41.1. The van der Waals surface area contributed by atoms with Gasteiger partial charge in [0.2, 0.25) is 10.0 Å². The molecule has 0 bridgehead atoms. The Bertz CT molecular complexity index is 1090. The van der Waals surface area contributed by atoms with Crippen LogP contribution in [-0.4, -0.2) is 33.5 Å². The summed E-state index contributed by atoms with van der Waals surface area (Å²) in [7, 11) is -0.359. The van der Waals surface area contributed by atoms with E-state index in [1.807, 2.05) is 31.2 Å². The zero-order chi connectivity index (χ0) is 21.5. The summed E-state index contributed by atoms with van der Waals surface area (Å²) in [5.74, 6) is 1.44. The number of nitrogens with zero attached hydrogens (tertiary/aromatic N) is 1. The zero-order valence-corrected chi connectivity index (χ0v) is 19.8. The molecule has 2 aromatic rings. The molecule has 0 saturated heterocycles. The summed E-state index contributed by atoms with van der Waals surface area (Å²) in [6, 6.07) is 10.9. The molecule has 0 amide bonds. The first-order valence-corrected chi connectivity index (χ1v) is 12.2. The summed E-state index contributed by atoms with van der Waals surface area (Å²) >= 11 is 3.61. The molecule has 1 aliphatic carbocycles. The van der Waals surface area contributed by atoms with Crippen LogP contribution in [0.1, 0.15) is 36.0 Å². The van der Waals surface area contributed by atoms with Crippen molar-refractivity contribution in [1.29, 1.82) is 0 Å². The highest BCUT2D eigenvalue weighted by molar-refractivity contribution is 9.11. The summed E-state index contributed by atoms with van der Waals surface area (Å²) in [6.45, 7) is 2.68. The number of ether oxygens (including phenoxy) is 2. The number of methoxy groups -OCH3 is 2. The predicted molar refractivity (Wildman–Crippen MR) is 121 cm³/mol. The van der Waals surface area contributed by atoms with Crippen molar-refractivity contribution in [3.63, 3.8) is 0 Å². The number of hydrogen-bond donors (Lipinski definition) is 0. The summed E-state index contributed by atoms with van der Waals surface area (Å²) in [5.41, 5.74) is 2.75. The lowest BCUT2D eigenvalue weighted by molar-refractivity contribution is 0.239. The van der Waals surface area contributed by atoms with Crippen molar-refractivity contribution >= 4 is 26.0 Å². The number of benzene rings is 2. The van der Waals surface area contributed by atoms with Crippen LogP contribution < -0.4 is 9.47 Å². The maximum Gasteiger partial charge on any atom is 0.243 e. The average Bonchev–Trinajstić information content (AvgIpc) is 2.75. The molecule has 0 aromatic heterocycles. The van der Waals surface area contributed by atoms with Crippen LogP contribution in [0.4, 0.5) is 0 Å². The van der Waals surface area contributed by atoms with Crippen LogP contribution in [0.25, 0.3) is 0 Å². The minimum Gasteiger partial charge on any atom is -0.497 e. The molecule has 5 nitrogen and oxygen atoms in total. The Hall–Kier alpha value is -1.83. The molecule has 0 radical (unpaired) electrons. The Morgan fingerprint density at radius 2 is 1.83 bits per heavy atom. The quantitative estimate of drug-likeness (QED) is 0.608. The lowest BCUT2D eigenvalue weighted by Gasteiger charge is -2.45. The van der Waals surface area contributed by atoms with Gasteiger partial charge in [-0.15, -0.1) is 0 Å². The molecule has 1 atom stereocenters. The molecule has 4 rings (SSSR count). The Labute approximate surface area is 186 Å². The van der Waals surface area contributed by atoms with E-state index in [2.05, 4.69) is 22.0 Å². The second kappa shape index (κ2) is 8.02. The van der Waals surface area contributed by atoms with Crippen LogP contribution in [0.3, 0.4) is 0 Å². The molecule has 0 N–H and O–H groups in total. The van der Waals surface area contributed by atoms with E-state index >= 15 is 0 Å². The third-order valence-electron chi connectivity index (χ3n) is 6.18. The van der Waals surface area contributed by atoms with Gasteiger partial charge in [0.15, 0.2) is 0 Å². The minimum absolute atomic E-state index is 0.297. The second-order valence-corrected chi connectivity index (χ2v) is 11.0. The smallest absolute Gasteiger partial charge is 0.243 e. The monoisotopic (exact) mass is 491 g/mol. The predicted octanol–water partition coefficient (Wildman–Crippen LogP) is 4.92. The van der Waals surface area contributed by atoms with Gasteiger partial charge in [-0.25, -0.2) is 8.42 Å². The number of halogens is 1. The van der Waals surface area contributed by atoms with E-state index in [9.17, 15) is 8.42 Å². The van der Waals surface area contributed by atoms with E-state index in [-0.39, 0.29) is 5.41 Å². The third-order valence-corrected chi connectivity index (χ3v) is 8.71. The fourth-order valence-electron chi connectivity index (χ4n) is 4.58. The first-order chi connectivity index (χ1) is 14.3. The van der Waals surface area contributed by atoms with E-state index < -0.39 is 10.0 Å². The van der Waals surface area contributed by atoms with Gasteiger partial charge in [0.05, 0.1) is 19.1 Å². The van der Waals surface area contributed by atoms with Crippen LogP contribution >= 0.6 is 15.9 Å². The standard InChI is InChI=1S/C23H26BrNO4S/c1-16-4-6-20(7-5-16)30(26,27)25-14-17-12-19(28-2)13-21(29-3)22(17)23(15-25)10-8-18(24)9-11-23/h4-8,12-13H,9-11,14-15H2,1-3H3. The molecule has 0 saturated carbocycles. The first kappa shape index (κ1) is 21.4. The number of fused-ring (bicyclic) bond motifs is 2. The van der Waals surface area contributed by atoms with E-state index in [0.29, 0.717) is 23.7 Å². The molecule has 1 aliphatic heterocycles. The SMILES string of the molecule is COc1cc2c(c(OC)c1)C1(CC=C(Br)CC1)CN(S(=O)(=O)c1ccc(C)cc1)C2. The molecule has 1 spiro atoms. The third kappa shape index (κ3) is 3.67. The summed E-state index contributed by atoms with van der Waals surface area (Å²) in [5, 5.41) is 0. The average molecular weight is 492 g/mol. The highest BCUT2D eigenvalue weighted by Crippen LogP contribution is 2.50. The van der Waals surface area contributed by atoms with Crippen molar-refractivity contribution in [2.24, 2.45) is 0 Å². The number of allylic oxidation sites excluding steroid dienone is 2. The molecule has 2 aromatic carbocycles. The Kier molecular flexibility index (Phi) is 5.72. The molecule has 160 valence electrons. The Balaban J connectivity index is 1.86. The van der Waals surface area contributed by atoms with Gasteiger partial charge in [0.25, 0.3) is 0 Å². The molecule has 30 heavy (non-hydrogen) atoms. The van der Waals surface area contributed by atoms with E-state index in [4.69, 9.17) is 9.47 Å². The normalized spacial score (nSPS) is 21.8. The van der Waals surface area contributed by atoms with Crippen molar-refractivity contribution in [1.82, 2.24) is 4.31 Å². The van der Waals surface area contributed by atoms with Gasteiger partial charge in [0.1, 0.15) is 11.5 Å². The van der Waals surface area contributed by atoms with Crippen LogP contribution in [0.5, 0.6) is 11.5 Å². The van der Waals surface area contributed by atoms with Crippen LogP contribution in [-0.2, 0) is 22.0 Å². The largest absolute Gasteiger partial charge is 0.497 e. The fraction of sp³-hybridized carbons (Fsp3) is 0.391. The van der Waals surface area contributed by atoms with E-state index in [0.717, 1.165) is 41.7 Å². The van der Waals surface area contributed by atoms with Gasteiger partial charge in [-0.1, -0.05) is 39.7 Å². The topological polar surface area (TPSA) is 55.8 Å². The number of aryl methyl sites for hydroxylation is 1. The van der Waals surface area contributed by atoms with Crippen LogP contribution in [0.2, 0.25) is 0 Å². The lowest BCUT2D eigenvalue weighted by atomic mass is 9.68. The number of sulfonamides is 1. The van der Waals surface area contributed by atoms with Crippen molar-refractivity contribution in [2.45, 2.75) is 43.0 Å². The number of rotatable bonds is 4. The molecule has 1 unspecified atom stereocenters. The van der Waals surface area contributed by atoms with Crippen molar-refractivity contribution < 1.29 is 17.9 Å². The Morgan fingerprint density at radius 1 is 1.10 bits per heavy atom. The van der Waals surface area contributed by atoms with Gasteiger partial charge in [0, 0.05) is 30.1 Å². The van der Waals surface area contributed by atoms with E-state index in [1.54, 1.807) is 30.7 Å². The van der Waals surface area contributed by atoms with Crippen molar-refractivity contribution in [3.8, 4) is 11.5 Å². The maximum atomic E-state index is 13.5. The minimum atomic E-state index is -3.63. The second-order valence-electron chi connectivity index (χ2n) is 8.09. The molecular formula is C23H26BrNO4S. The van der Waals surface area contributed by atoms with Gasteiger partial charge in [-0.3, -0.25) is 0 Å². The van der Waals surface area contributed by atoms with Gasteiger partial charge in [-0.05, 0) is 54.4 Å².